The molecule has 4 heteroatoms. The fourth-order valence-electron chi connectivity index (χ4n) is 2.19. The third-order valence-corrected chi connectivity index (χ3v) is 3.10. The molecule has 0 unspecified atom stereocenters. The molecule has 4 nitrogen and oxygen atoms in total. The van der Waals surface area contributed by atoms with Gasteiger partial charge in [-0.15, -0.1) is 0 Å². The van der Waals surface area contributed by atoms with Crippen LogP contribution < -0.4 is 15.8 Å². The molecule has 0 bridgehead atoms. The van der Waals surface area contributed by atoms with Gasteiger partial charge in [0, 0.05) is 20.0 Å². The highest BCUT2D eigenvalue weighted by molar-refractivity contribution is 5.87. The van der Waals surface area contributed by atoms with Crippen LogP contribution in [0.1, 0.15) is 12.5 Å². The Morgan fingerprint density at radius 3 is 2.90 bits per heavy atom. The van der Waals surface area contributed by atoms with Gasteiger partial charge >= 0.3 is 0 Å². The number of nitrogens with one attached hydrogen (secondary N) is 1. The Kier molecular flexibility index (Phi) is 4.96. The Bertz CT molecular complexity index is 596. The van der Waals surface area contributed by atoms with Gasteiger partial charge in [-0.25, -0.2) is 0 Å². The number of amides is 1. The van der Waals surface area contributed by atoms with Crippen molar-refractivity contribution in [1.82, 2.24) is 5.32 Å². The summed E-state index contributed by atoms with van der Waals surface area (Å²) in [5.74, 6) is 0.838. The predicted octanol–water partition coefficient (Wildman–Crippen LogP) is 1.86. The van der Waals surface area contributed by atoms with Crippen molar-refractivity contribution in [3.8, 4) is 5.75 Å². The molecule has 0 fully saturated rings. The van der Waals surface area contributed by atoms with Crippen molar-refractivity contribution in [2.45, 2.75) is 13.3 Å². The lowest BCUT2D eigenvalue weighted by atomic mass is 10.0. The molecule has 0 radical (unpaired) electrons. The second-order valence-corrected chi connectivity index (χ2v) is 4.67. The normalized spacial score (nSPS) is 10.5. The molecule has 0 heterocycles. The van der Waals surface area contributed by atoms with Gasteiger partial charge < -0.3 is 15.8 Å². The number of carbonyl (C=O) groups is 1. The standard InChI is InChI=1S/C16H20N2O2/c1-12(19)18-9-7-13-3-2-4-14-11-15(20-10-8-17)5-6-16(13)14/h2-6,11H,7-10,17H2,1H3,(H,18,19). The zero-order chi connectivity index (χ0) is 14.4. The zero-order valence-corrected chi connectivity index (χ0v) is 11.7. The number of ether oxygens (including phenoxy) is 1. The van der Waals surface area contributed by atoms with Gasteiger partial charge in [0.1, 0.15) is 12.4 Å². The second-order valence-electron chi connectivity index (χ2n) is 4.67. The van der Waals surface area contributed by atoms with Gasteiger partial charge in [-0.2, -0.15) is 0 Å². The summed E-state index contributed by atoms with van der Waals surface area (Å²) in [5.41, 5.74) is 6.66. The van der Waals surface area contributed by atoms with Crippen LogP contribution in [0.15, 0.2) is 36.4 Å². The molecule has 0 saturated heterocycles. The van der Waals surface area contributed by atoms with E-state index in [-0.39, 0.29) is 5.91 Å². The zero-order valence-electron chi connectivity index (χ0n) is 11.7. The number of benzene rings is 2. The average molecular weight is 272 g/mol. The van der Waals surface area contributed by atoms with Crippen molar-refractivity contribution in [2.75, 3.05) is 19.7 Å². The van der Waals surface area contributed by atoms with Crippen LogP contribution in [0, 0.1) is 0 Å². The fraction of sp³-hybridized carbons (Fsp3) is 0.312. The van der Waals surface area contributed by atoms with Crippen LogP contribution in [0.25, 0.3) is 10.8 Å². The summed E-state index contributed by atoms with van der Waals surface area (Å²) in [4.78, 5) is 10.9. The Morgan fingerprint density at radius 1 is 1.30 bits per heavy atom. The first-order valence-electron chi connectivity index (χ1n) is 6.79. The number of hydrogen-bond donors (Lipinski definition) is 2. The van der Waals surface area contributed by atoms with E-state index in [9.17, 15) is 4.79 Å². The maximum atomic E-state index is 10.9. The van der Waals surface area contributed by atoms with Crippen LogP contribution in [-0.2, 0) is 11.2 Å². The van der Waals surface area contributed by atoms with Crippen molar-refractivity contribution >= 4 is 16.7 Å². The Balaban J connectivity index is 2.17. The number of hydrogen-bond acceptors (Lipinski definition) is 3. The van der Waals surface area contributed by atoms with Gasteiger partial charge in [0.05, 0.1) is 0 Å². The minimum atomic E-state index is 0.00251. The summed E-state index contributed by atoms with van der Waals surface area (Å²) in [7, 11) is 0. The summed E-state index contributed by atoms with van der Waals surface area (Å²) in [6, 6.07) is 12.2. The Labute approximate surface area is 118 Å². The van der Waals surface area contributed by atoms with E-state index >= 15 is 0 Å². The topological polar surface area (TPSA) is 64.3 Å². The maximum absolute atomic E-state index is 10.9. The summed E-state index contributed by atoms with van der Waals surface area (Å²) >= 11 is 0. The van der Waals surface area contributed by atoms with Crippen molar-refractivity contribution in [3.05, 3.63) is 42.0 Å². The van der Waals surface area contributed by atoms with Gasteiger partial charge in [0.25, 0.3) is 0 Å². The van der Waals surface area contributed by atoms with Crippen LogP contribution in [0.2, 0.25) is 0 Å². The third kappa shape index (κ3) is 3.71. The van der Waals surface area contributed by atoms with Gasteiger partial charge in [-0.1, -0.05) is 24.3 Å². The smallest absolute Gasteiger partial charge is 0.216 e. The first-order chi connectivity index (χ1) is 9.70. The molecule has 0 spiro atoms. The molecule has 2 rings (SSSR count). The van der Waals surface area contributed by atoms with Crippen molar-refractivity contribution in [3.63, 3.8) is 0 Å². The molecule has 106 valence electrons. The van der Waals surface area contributed by atoms with Gasteiger partial charge in [-0.3, -0.25) is 4.79 Å². The number of carbonyl (C=O) groups excluding carboxylic acids is 1. The molecular weight excluding hydrogens is 252 g/mol. The quantitative estimate of drug-likeness (QED) is 0.843. The molecule has 0 aliphatic heterocycles. The summed E-state index contributed by atoms with van der Waals surface area (Å²) in [5, 5.41) is 5.15. The molecule has 3 N–H and O–H groups in total. The van der Waals surface area contributed by atoms with E-state index in [1.54, 1.807) is 0 Å². The Morgan fingerprint density at radius 2 is 2.15 bits per heavy atom. The van der Waals surface area contributed by atoms with Crippen LogP contribution in [0.3, 0.4) is 0 Å². The largest absolute Gasteiger partial charge is 0.492 e. The van der Waals surface area contributed by atoms with E-state index in [0.29, 0.717) is 19.7 Å². The molecule has 0 aromatic heterocycles. The van der Waals surface area contributed by atoms with Crippen molar-refractivity contribution in [2.24, 2.45) is 5.73 Å². The lowest BCUT2D eigenvalue weighted by Crippen LogP contribution is -2.22. The van der Waals surface area contributed by atoms with Gasteiger partial charge in [0.2, 0.25) is 5.91 Å². The monoisotopic (exact) mass is 272 g/mol. The number of nitrogens with two attached hydrogens (primary N) is 1. The van der Waals surface area contributed by atoms with Crippen LogP contribution in [0.4, 0.5) is 0 Å². The highest BCUT2D eigenvalue weighted by atomic mass is 16.5. The van der Waals surface area contributed by atoms with Crippen LogP contribution in [0.5, 0.6) is 5.75 Å². The fourth-order valence-corrected chi connectivity index (χ4v) is 2.19. The van der Waals surface area contributed by atoms with Gasteiger partial charge in [-0.05, 0) is 34.9 Å². The van der Waals surface area contributed by atoms with E-state index in [1.807, 2.05) is 18.2 Å². The summed E-state index contributed by atoms with van der Waals surface area (Å²) < 4.78 is 5.53. The minimum absolute atomic E-state index is 0.00251. The first kappa shape index (κ1) is 14.3. The molecule has 0 saturated carbocycles. The third-order valence-electron chi connectivity index (χ3n) is 3.10. The number of fused-ring (bicyclic) bond motifs is 1. The van der Waals surface area contributed by atoms with E-state index in [1.165, 1.54) is 17.9 Å². The lowest BCUT2D eigenvalue weighted by molar-refractivity contribution is -0.118. The molecule has 0 aliphatic rings. The van der Waals surface area contributed by atoms with E-state index in [2.05, 4.69) is 23.5 Å². The average Bonchev–Trinajstić information content (AvgIpc) is 2.44. The van der Waals surface area contributed by atoms with Gasteiger partial charge in [0.15, 0.2) is 0 Å². The predicted molar refractivity (Wildman–Crippen MR) is 80.9 cm³/mol. The lowest BCUT2D eigenvalue weighted by Gasteiger charge is -2.09. The van der Waals surface area contributed by atoms with Crippen molar-refractivity contribution in [1.29, 1.82) is 0 Å². The SMILES string of the molecule is CC(=O)NCCc1cccc2cc(OCCN)ccc12. The number of rotatable bonds is 6. The van der Waals surface area contributed by atoms with E-state index in [0.717, 1.165) is 17.6 Å². The highest BCUT2D eigenvalue weighted by Crippen LogP contribution is 2.24. The summed E-state index contributed by atoms with van der Waals surface area (Å²) in [6.45, 7) is 3.21. The molecule has 0 atom stereocenters. The molecule has 0 aliphatic carbocycles. The molecule has 2 aromatic carbocycles. The molecule has 1 amide bonds. The second kappa shape index (κ2) is 6.91. The van der Waals surface area contributed by atoms with Crippen molar-refractivity contribution < 1.29 is 9.53 Å². The first-order valence-corrected chi connectivity index (χ1v) is 6.79. The molecular formula is C16H20N2O2. The summed E-state index contributed by atoms with van der Waals surface area (Å²) in [6.07, 6.45) is 0.819. The highest BCUT2D eigenvalue weighted by Gasteiger charge is 2.03. The minimum Gasteiger partial charge on any atom is -0.492 e. The Hall–Kier alpha value is -2.07. The van der Waals surface area contributed by atoms with Crippen LogP contribution in [-0.4, -0.2) is 25.6 Å². The molecule has 20 heavy (non-hydrogen) atoms. The van der Waals surface area contributed by atoms with E-state index < -0.39 is 0 Å². The maximum Gasteiger partial charge on any atom is 0.216 e. The molecule has 2 aromatic rings. The van der Waals surface area contributed by atoms with Crippen LogP contribution >= 0.6 is 0 Å². The van der Waals surface area contributed by atoms with E-state index in [4.69, 9.17) is 10.5 Å².